The lowest BCUT2D eigenvalue weighted by Crippen LogP contribution is -2.47. The van der Waals surface area contributed by atoms with Gasteiger partial charge in [-0.25, -0.2) is 0 Å². The Bertz CT molecular complexity index is 487. The fourth-order valence-corrected chi connectivity index (χ4v) is 3.14. The lowest BCUT2D eigenvalue weighted by atomic mass is 9.91. The smallest absolute Gasteiger partial charge is 0.303 e. The largest absolute Gasteiger partial charge is 0.481 e. The van der Waals surface area contributed by atoms with Gasteiger partial charge in [0.25, 0.3) is 0 Å². The van der Waals surface area contributed by atoms with Crippen LogP contribution in [-0.4, -0.2) is 35.1 Å². The molecule has 1 aromatic rings. The SMILES string of the molecule is Cc1ccc(CN2CC(N)CC(CC(=O)O)C2)c(C)c1. The van der Waals surface area contributed by atoms with Gasteiger partial charge in [0.2, 0.25) is 0 Å². The van der Waals surface area contributed by atoms with Crippen LogP contribution >= 0.6 is 0 Å². The van der Waals surface area contributed by atoms with E-state index in [4.69, 9.17) is 10.8 Å². The molecule has 3 N–H and O–H groups in total. The number of hydrogen-bond acceptors (Lipinski definition) is 3. The molecule has 0 aliphatic carbocycles. The van der Waals surface area contributed by atoms with E-state index in [1.54, 1.807) is 0 Å². The second kappa shape index (κ2) is 6.37. The van der Waals surface area contributed by atoms with Crippen molar-refractivity contribution in [1.29, 1.82) is 0 Å². The van der Waals surface area contributed by atoms with Gasteiger partial charge in [-0.05, 0) is 37.3 Å². The monoisotopic (exact) mass is 276 g/mol. The van der Waals surface area contributed by atoms with E-state index in [-0.39, 0.29) is 18.4 Å². The second-order valence-corrected chi connectivity index (χ2v) is 6.08. The lowest BCUT2D eigenvalue weighted by molar-refractivity contribution is -0.138. The second-order valence-electron chi connectivity index (χ2n) is 6.08. The summed E-state index contributed by atoms with van der Waals surface area (Å²) in [7, 11) is 0. The van der Waals surface area contributed by atoms with Crippen LogP contribution in [0.4, 0.5) is 0 Å². The van der Waals surface area contributed by atoms with Crippen molar-refractivity contribution < 1.29 is 9.90 Å². The highest BCUT2D eigenvalue weighted by atomic mass is 16.4. The van der Waals surface area contributed by atoms with Crippen LogP contribution in [0.5, 0.6) is 0 Å². The third kappa shape index (κ3) is 4.05. The predicted molar refractivity (Wildman–Crippen MR) is 79.5 cm³/mol. The van der Waals surface area contributed by atoms with Gasteiger partial charge >= 0.3 is 5.97 Å². The molecule has 0 radical (unpaired) electrons. The number of carbonyl (C=O) groups is 1. The number of likely N-dealkylation sites (tertiary alicyclic amines) is 1. The highest BCUT2D eigenvalue weighted by Gasteiger charge is 2.26. The van der Waals surface area contributed by atoms with Crippen molar-refractivity contribution in [1.82, 2.24) is 4.90 Å². The van der Waals surface area contributed by atoms with Crippen molar-refractivity contribution in [3.05, 3.63) is 34.9 Å². The van der Waals surface area contributed by atoms with E-state index in [9.17, 15) is 4.79 Å². The maximum Gasteiger partial charge on any atom is 0.303 e. The Kier molecular flexibility index (Phi) is 4.78. The van der Waals surface area contributed by atoms with Crippen molar-refractivity contribution in [2.24, 2.45) is 11.7 Å². The minimum atomic E-state index is -0.726. The van der Waals surface area contributed by atoms with Gasteiger partial charge in [0.15, 0.2) is 0 Å². The van der Waals surface area contributed by atoms with Crippen LogP contribution in [0.15, 0.2) is 18.2 Å². The number of benzene rings is 1. The molecule has 1 fully saturated rings. The van der Waals surface area contributed by atoms with Crippen molar-refractivity contribution >= 4 is 5.97 Å². The fraction of sp³-hybridized carbons (Fsp3) is 0.562. The number of carboxylic acid groups (broad SMARTS) is 1. The molecule has 2 rings (SSSR count). The van der Waals surface area contributed by atoms with E-state index < -0.39 is 5.97 Å². The summed E-state index contributed by atoms with van der Waals surface area (Å²) in [5.74, 6) is -0.558. The minimum absolute atomic E-state index is 0.0823. The van der Waals surface area contributed by atoms with Gasteiger partial charge in [-0.3, -0.25) is 9.69 Å². The van der Waals surface area contributed by atoms with E-state index in [2.05, 4.69) is 36.9 Å². The molecule has 20 heavy (non-hydrogen) atoms. The quantitative estimate of drug-likeness (QED) is 0.882. The van der Waals surface area contributed by atoms with Gasteiger partial charge in [-0.2, -0.15) is 0 Å². The van der Waals surface area contributed by atoms with Crippen molar-refractivity contribution in [3.8, 4) is 0 Å². The van der Waals surface area contributed by atoms with Gasteiger partial charge in [0.1, 0.15) is 0 Å². The zero-order valence-corrected chi connectivity index (χ0v) is 12.3. The number of carboxylic acids is 1. The summed E-state index contributed by atoms with van der Waals surface area (Å²) in [6.07, 6.45) is 1.03. The Morgan fingerprint density at radius 1 is 1.40 bits per heavy atom. The average molecular weight is 276 g/mol. The molecule has 0 amide bonds. The normalized spacial score (nSPS) is 23.8. The predicted octanol–water partition coefficient (Wildman–Crippen LogP) is 1.93. The summed E-state index contributed by atoms with van der Waals surface area (Å²) in [6, 6.07) is 6.56. The summed E-state index contributed by atoms with van der Waals surface area (Å²) >= 11 is 0. The highest BCUT2D eigenvalue weighted by Crippen LogP contribution is 2.22. The molecule has 1 aromatic carbocycles. The Hall–Kier alpha value is -1.39. The number of piperidine rings is 1. The Labute approximate surface area is 120 Å². The molecule has 0 spiro atoms. The minimum Gasteiger partial charge on any atom is -0.481 e. The van der Waals surface area contributed by atoms with Gasteiger partial charge < -0.3 is 10.8 Å². The summed E-state index contributed by atoms with van der Waals surface area (Å²) in [5, 5.41) is 8.94. The van der Waals surface area contributed by atoms with Crippen LogP contribution in [0.1, 0.15) is 29.5 Å². The topological polar surface area (TPSA) is 66.6 Å². The van der Waals surface area contributed by atoms with Crippen molar-refractivity contribution in [2.45, 2.75) is 39.3 Å². The molecular weight excluding hydrogens is 252 g/mol. The summed E-state index contributed by atoms with van der Waals surface area (Å²) in [5.41, 5.74) is 9.94. The summed E-state index contributed by atoms with van der Waals surface area (Å²) in [4.78, 5) is 13.2. The fourth-order valence-electron chi connectivity index (χ4n) is 3.14. The third-order valence-corrected chi connectivity index (χ3v) is 4.00. The Balaban J connectivity index is 2.02. The molecule has 2 unspecified atom stereocenters. The number of aliphatic carboxylic acids is 1. The van der Waals surface area contributed by atoms with Gasteiger partial charge in [-0.1, -0.05) is 23.8 Å². The molecule has 1 heterocycles. The van der Waals surface area contributed by atoms with Gasteiger partial charge in [0, 0.05) is 32.1 Å². The molecule has 110 valence electrons. The maximum atomic E-state index is 10.9. The Morgan fingerprint density at radius 3 is 2.80 bits per heavy atom. The van der Waals surface area contributed by atoms with Gasteiger partial charge in [-0.15, -0.1) is 0 Å². The molecule has 1 aliphatic rings. The zero-order valence-electron chi connectivity index (χ0n) is 12.3. The summed E-state index contributed by atoms with van der Waals surface area (Å²) in [6.45, 7) is 6.75. The first-order valence-electron chi connectivity index (χ1n) is 7.20. The van der Waals surface area contributed by atoms with Crippen LogP contribution in [-0.2, 0) is 11.3 Å². The molecule has 4 nitrogen and oxygen atoms in total. The number of aryl methyl sites for hydroxylation is 2. The molecule has 1 aliphatic heterocycles. The third-order valence-electron chi connectivity index (χ3n) is 4.00. The molecular formula is C16H24N2O2. The van der Waals surface area contributed by atoms with Crippen LogP contribution in [0.25, 0.3) is 0 Å². The molecule has 2 atom stereocenters. The van der Waals surface area contributed by atoms with Gasteiger partial charge in [0.05, 0.1) is 0 Å². The zero-order chi connectivity index (χ0) is 14.7. The molecule has 1 saturated heterocycles. The number of nitrogens with two attached hydrogens (primary N) is 1. The lowest BCUT2D eigenvalue weighted by Gasteiger charge is -2.36. The van der Waals surface area contributed by atoms with E-state index in [1.165, 1.54) is 16.7 Å². The van der Waals surface area contributed by atoms with Crippen molar-refractivity contribution in [2.75, 3.05) is 13.1 Å². The average Bonchev–Trinajstić information content (AvgIpc) is 2.31. The van der Waals surface area contributed by atoms with E-state index in [1.807, 2.05) is 0 Å². The summed E-state index contributed by atoms with van der Waals surface area (Å²) < 4.78 is 0. The van der Waals surface area contributed by atoms with Crippen molar-refractivity contribution in [3.63, 3.8) is 0 Å². The van der Waals surface area contributed by atoms with Crippen LogP contribution in [0.2, 0.25) is 0 Å². The number of hydrogen-bond donors (Lipinski definition) is 2. The standard InChI is InChI=1S/C16H24N2O2/c1-11-3-4-14(12(2)5-11)9-18-8-13(7-16(19)20)6-15(17)10-18/h3-5,13,15H,6-10,17H2,1-2H3,(H,19,20). The van der Waals surface area contributed by atoms with E-state index in [0.717, 1.165) is 26.1 Å². The van der Waals surface area contributed by atoms with E-state index in [0.29, 0.717) is 0 Å². The number of rotatable bonds is 4. The molecule has 0 saturated carbocycles. The molecule has 0 bridgehead atoms. The maximum absolute atomic E-state index is 10.9. The Morgan fingerprint density at radius 2 is 2.15 bits per heavy atom. The van der Waals surface area contributed by atoms with Crippen LogP contribution in [0.3, 0.4) is 0 Å². The van der Waals surface area contributed by atoms with E-state index >= 15 is 0 Å². The number of nitrogens with zero attached hydrogens (tertiary/aromatic N) is 1. The van der Waals surface area contributed by atoms with Crippen LogP contribution < -0.4 is 5.73 Å². The van der Waals surface area contributed by atoms with Crippen LogP contribution in [0, 0.1) is 19.8 Å². The molecule has 0 aromatic heterocycles. The molecule has 4 heteroatoms. The first kappa shape index (κ1) is 15.0. The first-order chi connectivity index (χ1) is 9.44. The first-order valence-corrected chi connectivity index (χ1v) is 7.20. The highest BCUT2D eigenvalue weighted by molar-refractivity contribution is 5.67.